The third kappa shape index (κ3) is 3.40. The van der Waals surface area contributed by atoms with Crippen molar-refractivity contribution >= 4 is 5.91 Å². The number of aliphatic hydroxyl groups is 1. The Kier molecular flexibility index (Phi) is 4.97. The van der Waals surface area contributed by atoms with Crippen molar-refractivity contribution in [3.63, 3.8) is 0 Å². The van der Waals surface area contributed by atoms with Gasteiger partial charge in [0.05, 0.1) is 6.10 Å². The standard InChI is InChI=1S/C18H25FN2O2/c1-13(22)21-11-5-9-17(21)16-8-4-10-20(16)12-18(23)14-6-2-3-7-15(14)19/h2-3,6-7,16-18,23H,4-5,8-12H2,1H3/t16-,17-,18+/m1/s1. The minimum absolute atomic E-state index is 0.133. The normalized spacial score (nSPS) is 26.7. The summed E-state index contributed by atoms with van der Waals surface area (Å²) >= 11 is 0. The lowest BCUT2D eigenvalue weighted by molar-refractivity contribution is -0.130. The van der Waals surface area contributed by atoms with E-state index in [1.807, 2.05) is 4.90 Å². The molecule has 1 amide bonds. The SMILES string of the molecule is CC(=O)N1CCC[C@@H]1[C@H]1CCCN1C[C@H](O)c1ccccc1F. The molecule has 4 nitrogen and oxygen atoms in total. The van der Waals surface area contributed by atoms with Crippen LogP contribution in [0, 0.1) is 5.82 Å². The molecule has 0 bridgehead atoms. The smallest absolute Gasteiger partial charge is 0.219 e. The number of halogens is 1. The molecular formula is C18H25FN2O2. The second kappa shape index (κ2) is 6.97. The molecule has 1 N–H and O–H groups in total. The summed E-state index contributed by atoms with van der Waals surface area (Å²) in [5.41, 5.74) is 0.355. The highest BCUT2D eigenvalue weighted by Crippen LogP contribution is 2.31. The molecular weight excluding hydrogens is 295 g/mol. The highest BCUT2D eigenvalue weighted by Gasteiger charge is 2.39. The van der Waals surface area contributed by atoms with Gasteiger partial charge in [-0.3, -0.25) is 9.69 Å². The van der Waals surface area contributed by atoms with E-state index in [0.717, 1.165) is 38.8 Å². The van der Waals surface area contributed by atoms with Gasteiger partial charge in [-0.1, -0.05) is 18.2 Å². The van der Waals surface area contributed by atoms with Crippen LogP contribution in [0.15, 0.2) is 24.3 Å². The zero-order valence-corrected chi connectivity index (χ0v) is 13.6. The lowest BCUT2D eigenvalue weighted by Crippen LogP contribution is -2.48. The van der Waals surface area contributed by atoms with Gasteiger partial charge in [-0.05, 0) is 38.3 Å². The Morgan fingerprint density at radius 1 is 1.26 bits per heavy atom. The first kappa shape index (κ1) is 16.4. The fourth-order valence-electron chi connectivity index (χ4n) is 4.16. The molecule has 1 aromatic carbocycles. The number of nitrogens with zero attached hydrogens (tertiary/aromatic N) is 2. The van der Waals surface area contributed by atoms with Gasteiger partial charge in [0.1, 0.15) is 5.82 Å². The predicted molar refractivity (Wildman–Crippen MR) is 86.4 cm³/mol. The van der Waals surface area contributed by atoms with Crippen LogP contribution in [-0.4, -0.2) is 52.5 Å². The molecule has 2 aliphatic heterocycles. The molecule has 0 radical (unpaired) electrons. The maximum Gasteiger partial charge on any atom is 0.219 e. The van der Waals surface area contributed by atoms with Gasteiger partial charge in [-0.25, -0.2) is 4.39 Å². The molecule has 3 rings (SSSR count). The molecule has 5 heteroatoms. The van der Waals surface area contributed by atoms with Crippen molar-refractivity contribution < 1.29 is 14.3 Å². The number of hydrogen-bond donors (Lipinski definition) is 1. The number of amides is 1. The van der Waals surface area contributed by atoms with Crippen molar-refractivity contribution in [2.75, 3.05) is 19.6 Å². The molecule has 0 aromatic heterocycles. The lowest BCUT2D eigenvalue weighted by atomic mass is 10.0. The first-order chi connectivity index (χ1) is 11.1. The molecule has 23 heavy (non-hydrogen) atoms. The van der Waals surface area contributed by atoms with Gasteiger partial charge in [0.25, 0.3) is 0 Å². The topological polar surface area (TPSA) is 43.8 Å². The van der Waals surface area contributed by atoms with Gasteiger partial charge in [-0.15, -0.1) is 0 Å². The summed E-state index contributed by atoms with van der Waals surface area (Å²) in [6.45, 7) is 3.79. The molecule has 0 saturated carbocycles. The van der Waals surface area contributed by atoms with Crippen LogP contribution < -0.4 is 0 Å². The van der Waals surface area contributed by atoms with E-state index >= 15 is 0 Å². The Morgan fingerprint density at radius 3 is 2.70 bits per heavy atom. The van der Waals surface area contributed by atoms with E-state index in [2.05, 4.69) is 4.90 Å². The zero-order chi connectivity index (χ0) is 16.4. The number of carbonyl (C=O) groups excluding carboxylic acids is 1. The monoisotopic (exact) mass is 320 g/mol. The molecule has 1 aromatic rings. The van der Waals surface area contributed by atoms with E-state index in [9.17, 15) is 14.3 Å². The Hall–Kier alpha value is -1.46. The third-order valence-corrected chi connectivity index (χ3v) is 5.23. The molecule has 2 heterocycles. The number of rotatable bonds is 4. The molecule has 2 aliphatic rings. The van der Waals surface area contributed by atoms with Crippen LogP contribution >= 0.6 is 0 Å². The summed E-state index contributed by atoms with van der Waals surface area (Å²) in [4.78, 5) is 16.0. The Labute approximate surface area is 136 Å². The molecule has 3 atom stereocenters. The number of aliphatic hydroxyl groups excluding tert-OH is 1. The molecule has 126 valence electrons. The molecule has 2 fully saturated rings. The summed E-state index contributed by atoms with van der Waals surface area (Å²) < 4.78 is 13.8. The molecule has 0 aliphatic carbocycles. The Morgan fingerprint density at radius 2 is 1.96 bits per heavy atom. The third-order valence-electron chi connectivity index (χ3n) is 5.23. The summed E-state index contributed by atoms with van der Waals surface area (Å²) in [7, 11) is 0. The number of hydrogen-bond acceptors (Lipinski definition) is 3. The summed E-state index contributed by atoms with van der Waals surface area (Å²) in [6, 6.07) is 6.92. The highest BCUT2D eigenvalue weighted by molar-refractivity contribution is 5.74. The van der Waals surface area contributed by atoms with Crippen molar-refractivity contribution in [3.8, 4) is 0 Å². The van der Waals surface area contributed by atoms with Crippen LogP contribution in [0.2, 0.25) is 0 Å². The maximum absolute atomic E-state index is 13.8. The van der Waals surface area contributed by atoms with Gasteiger partial charge in [0.2, 0.25) is 5.91 Å². The van der Waals surface area contributed by atoms with Gasteiger partial charge in [0.15, 0.2) is 0 Å². The number of benzene rings is 1. The van der Waals surface area contributed by atoms with E-state index in [4.69, 9.17) is 0 Å². The molecule has 2 saturated heterocycles. The van der Waals surface area contributed by atoms with E-state index < -0.39 is 6.10 Å². The largest absolute Gasteiger partial charge is 0.387 e. The van der Waals surface area contributed by atoms with Crippen molar-refractivity contribution in [1.29, 1.82) is 0 Å². The van der Waals surface area contributed by atoms with Gasteiger partial charge in [-0.2, -0.15) is 0 Å². The van der Waals surface area contributed by atoms with Gasteiger partial charge in [0, 0.05) is 37.7 Å². The minimum Gasteiger partial charge on any atom is -0.387 e. The van der Waals surface area contributed by atoms with Gasteiger partial charge < -0.3 is 10.0 Å². The number of carbonyl (C=O) groups is 1. The van der Waals surface area contributed by atoms with Crippen LogP contribution in [0.3, 0.4) is 0 Å². The lowest BCUT2D eigenvalue weighted by Gasteiger charge is -2.35. The van der Waals surface area contributed by atoms with Gasteiger partial charge >= 0.3 is 0 Å². The van der Waals surface area contributed by atoms with E-state index in [0.29, 0.717) is 12.1 Å². The van der Waals surface area contributed by atoms with Crippen molar-refractivity contribution in [2.24, 2.45) is 0 Å². The fourth-order valence-corrected chi connectivity index (χ4v) is 4.16. The van der Waals surface area contributed by atoms with E-state index in [-0.39, 0.29) is 23.8 Å². The minimum atomic E-state index is -0.830. The average Bonchev–Trinajstić information content (AvgIpc) is 3.15. The number of likely N-dealkylation sites (tertiary alicyclic amines) is 2. The van der Waals surface area contributed by atoms with Crippen LogP contribution in [0.1, 0.15) is 44.3 Å². The Balaban J connectivity index is 1.70. The number of β-amino-alcohol motifs (C(OH)–C–C–N with tert-alkyl or cyclic N) is 1. The van der Waals surface area contributed by atoms with Crippen LogP contribution in [0.25, 0.3) is 0 Å². The van der Waals surface area contributed by atoms with Crippen LogP contribution in [0.4, 0.5) is 4.39 Å². The maximum atomic E-state index is 13.8. The van der Waals surface area contributed by atoms with Crippen LogP contribution in [-0.2, 0) is 4.79 Å². The van der Waals surface area contributed by atoms with Crippen LogP contribution in [0.5, 0.6) is 0 Å². The first-order valence-corrected chi connectivity index (χ1v) is 8.51. The second-order valence-electron chi connectivity index (χ2n) is 6.66. The van der Waals surface area contributed by atoms with E-state index in [1.165, 1.54) is 6.07 Å². The summed E-state index contributed by atoms with van der Waals surface area (Å²) in [5, 5.41) is 10.4. The second-order valence-corrected chi connectivity index (χ2v) is 6.66. The zero-order valence-electron chi connectivity index (χ0n) is 13.6. The summed E-state index contributed by atoms with van der Waals surface area (Å²) in [5.74, 6) is -0.226. The highest BCUT2D eigenvalue weighted by atomic mass is 19.1. The fraction of sp³-hybridized carbons (Fsp3) is 0.611. The quantitative estimate of drug-likeness (QED) is 0.926. The van der Waals surface area contributed by atoms with Crippen molar-refractivity contribution in [3.05, 3.63) is 35.6 Å². The predicted octanol–water partition coefficient (Wildman–Crippen LogP) is 2.33. The first-order valence-electron chi connectivity index (χ1n) is 8.51. The van der Waals surface area contributed by atoms with E-state index in [1.54, 1.807) is 25.1 Å². The molecule has 0 spiro atoms. The van der Waals surface area contributed by atoms with Crippen molar-refractivity contribution in [1.82, 2.24) is 9.80 Å². The Bertz CT molecular complexity index is 566. The summed E-state index contributed by atoms with van der Waals surface area (Å²) in [6.07, 6.45) is 3.35. The molecule has 0 unspecified atom stereocenters. The average molecular weight is 320 g/mol. The van der Waals surface area contributed by atoms with Crippen molar-refractivity contribution in [2.45, 2.75) is 50.8 Å².